The van der Waals surface area contributed by atoms with Crippen molar-refractivity contribution in [1.29, 1.82) is 0 Å². The Morgan fingerprint density at radius 1 is 1.25 bits per heavy atom. The number of fused-ring (bicyclic) bond motifs is 1. The van der Waals surface area contributed by atoms with E-state index < -0.39 is 10.6 Å². The number of rotatable bonds is 1. The summed E-state index contributed by atoms with van der Waals surface area (Å²) >= 11 is 0. The monoisotopic (exact) mass is 221 g/mol. The van der Waals surface area contributed by atoms with Gasteiger partial charge in [-0.3, -0.25) is 14.9 Å². The summed E-state index contributed by atoms with van der Waals surface area (Å²) in [6.45, 7) is 0. The molecule has 16 heavy (non-hydrogen) atoms. The molecule has 1 aliphatic rings. The van der Waals surface area contributed by atoms with Crippen molar-refractivity contribution in [3.05, 3.63) is 33.4 Å². The molecule has 0 amide bonds. The summed E-state index contributed by atoms with van der Waals surface area (Å²) in [7, 11) is 0. The summed E-state index contributed by atoms with van der Waals surface area (Å²) in [6, 6.07) is 2.54. The number of hydrogen-bond donors (Lipinski definition) is 1. The summed E-state index contributed by atoms with van der Waals surface area (Å²) in [6.07, 6.45) is 2.78. The molecule has 0 heterocycles. The van der Waals surface area contributed by atoms with Crippen molar-refractivity contribution in [3.63, 3.8) is 0 Å². The molecule has 84 valence electrons. The van der Waals surface area contributed by atoms with Crippen LogP contribution in [0.15, 0.2) is 12.1 Å². The number of phenolic OH excluding ortho intramolecular Hbond substituents is 1. The van der Waals surface area contributed by atoms with E-state index in [9.17, 15) is 20.0 Å². The Morgan fingerprint density at radius 3 is 2.62 bits per heavy atom. The normalized spacial score (nSPS) is 15.4. The first-order valence-corrected chi connectivity index (χ1v) is 5.13. The average Bonchev–Trinajstić information content (AvgIpc) is 2.39. The van der Waals surface area contributed by atoms with Crippen LogP contribution in [0.1, 0.15) is 35.2 Å². The van der Waals surface area contributed by atoms with Crippen molar-refractivity contribution in [2.75, 3.05) is 0 Å². The molecule has 0 bridgehead atoms. The van der Waals surface area contributed by atoms with Crippen molar-refractivity contribution in [1.82, 2.24) is 0 Å². The number of phenols is 1. The molecule has 5 heteroatoms. The fraction of sp³-hybridized carbons (Fsp3) is 0.364. The zero-order valence-electron chi connectivity index (χ0n) is 8.60. The number of benzene rings is 1. The molecule has 5 nitrogen and oxygen atoms in total. The Bertz CT molecular complexity index is 467. The molecule has 1 N–H and O–H groups in total. The largest absolute Gasteiger partial charge is 0.502 e. The quantitative estimate of drug-likeness (QED) is 0.448. The lowest BCUT2D eigenvalue weighted by molar-refractivity contribution is -0.385. The van der Waals surface area contributed by atoms with Crippen LogP contribution < -0.4 is 0 Å². The minimum absolute atomic E-state index is 0.0735. The van der Waals surface area contributed by atoms with Crippen LogP contribution in [0.2, 0.25) is 0 Å². The van der Waals surface area contributed by atoms with Crippen LogP contribution in [0.3, 0.4) is 0 Å². The maximum Gasteiger partial charge on any atom is 0.311 e. The summed E-state index contributed by atoms with van der Waals surface area (Å²) in [5.41, 5.74) is 0.710. The number of hydrogen-bond acceptors (Lipinski definition) is 4. The smallest absolute Gasteiger partial charge is 0.311 e. The Kier molecular flexibility index (Phi) is 2.60. The third-order valence-corrected chi connectivity index (χ3v) is 2.80. The maximum absolute atomic E-state index is 11.7. The number of nitro groups is 1. The van der Waals surface area contributed by atoms with E-state index in [1.807, 2.05) is 0 Å². The maximum atomic E-state index is 11.7. The molecular weight excluding hydrogens is 210 g/mol. The summed E-state index contributed by atoms with van der Waals surface area (Å²) in [5, 5.41) is 20.1. The number of nitrogens with zero attached hydrogens (tertiary/aromatic N) is 1. The van der Waals surface area contributed by atoms with Gasteiger partial charge in [0.15, 0.2) is 11.5 Å². The van der Waals surface area contributed by atoms with Gasteiger partial charge in [0.2, 0.25) is 0 Å². The molecule has 0 saturated carbocycles. The molecule has 2 rings (SSSR count). The van der Waals surface area contributed by atoms with Crippen LogP contribution in [0.25, 0.3) is 0 Å². The number of aromatic hydroxyl groups is 1. The Morgan fingerprint density at radius 2 is 1.94 bits per heavy atom. The van der Waals surface area contributed by atoms with Crippen LogP contribution in [0.4, 0.5) is 5.69 Å². The van der Waals surface area contributed by atoms with E-state index in [-0.39, 0.29) is 11.5 Å². The fourth-order valence-electron chi connectivity index (χ4n) is 1.97. The second-order valence-corrected chi connectivity index (χ2v) is 3.89. The van der Waals surface area contributed by atoms with Crippen molar-refractivity contribution >= 4 is 11.5 Å². The predicted octanol–water partition coefficient (Wildman–Crippen LogP) is 2.21. The molecule has 0 unspecified atom stereocenters. The van der Waals surface area contributed by atoms with E-state index in [1.165, 1.54) is 12.1 Å². The van der Waals surface area contributed by atoms with E-state index >= 15 is 0 Å². The van der Waals surface area contributed by atoms with Crippen molar-refractivity contribution in [2.45, 2.75) is 25.7 Å². The fourth-order valence-corrected chi connectivity index (χ4v) is 1.97. The van der Waals surface area contributed by atoms with Crippen LogP contribution in [-0.2, 0) is 6.42 Å². The van der Waals surface area contributed by atoms with Gasteiger partial charge in [0, 0.05) is 18.1 Å². The van der Waals surface area contributed by atoms with E-state index in [2.05, 4.69) is 0 Å². The first-order chi connectivity index (χ1) is 7.59. The van der Waals surface area contributed by atoms with Gasteiger partial charge in [0.1, 0.15) is 0 Å². The topological polar surface area (TPSA) is 80.4 Å². The zero-order chi connectivity index (χ0) is 11.7. The predicted molar refractivity (Wildman–Crippen MR) is 56.6 cm³/mol. The van der Waals surface area contributed by atoms with Gasteiger partial charge < -0.3 is 5.11 Å². The first kappa shape index (κ1) is 10.6. The van der Waals surface area contributed by atoms with Gasteiger partial charge >= 0.3 is 5.69 Å². The number of carbonyl (C=O) groups is 1. The molecule has 1 aromatic carbocycles. The Balaban J connectivity index is 2.57. The molecule has 0 aromatic heterocycles. The van der Waals surface area contributed by atoms with Crippen LogP contribution in [0.5, 0.6) is 5.75 Å². The number of carbonyl (C=O) groups excluding carboxylic acids is 1. The molecule has 1 aliphatic carbocycles. The van der Waals surface area contributed by atoms with Crippen LogP contribution in [-0.4, -0.2) is 15.8 Å². The Labute approximate surface area is 91.9 Å². The molecule has 0 aliphatic heterocycles. The summed E-state index contributed by atoms with van der Waals surface area (Å²) in [5.74, 6) is -0.436. The zero-order valence-corrected chi connectivity index (χ0v) is 8.60. The minimum Gasteiger partial charge on any atom is -0.502 e. The van der Waals surface area contributed by atoms with Gasteiger partial charge in [-0.15, -0.1) is 0 Å². The SMILES string of the molecule is O=C1CCCCc2cc(O)c([N+](=O)[O-])cc21. The minimum atomic E-state index is -0.673. The number of nitro benzene ring substituents is 1. The number of Topliss-reactive ketones (excluding diaryl/α,β-unsaturated/α-hetero) is 1. The van der Waals surface area contributed by atoms with Crippen molar-refractivity contribution in [3.8, 4) is 5.75 Å². The number of ketones is 1. The lowest BCUT2D eigenvalue weighted by Crippen LogP contribution is -2.02. The second-order valence-electron chi connectivity index (χ2n) is 3.89. The molecule has 1 aromatic rings. The highest BCUT2D eigenvalue weighted by molar-refractivity contribution is 5.98. The molecule has 0 atom stereocenters. The summed E-state index contributed by atoms with van der Waals surface area (Å²) < 4.78 is 0. The highest BCUT2D eigenvalue weighted by atomic mass is 16.6. The highest BCUT2D eigenvalue weighted by Gasteiger charge is 2.22. The van der Waals surface area contributed by atoms with Crippen LogP contribution >= 0.6 is 0 Å². The third kappa shape index (κ3) is 1.76. The van der Waals surface area contributed by atoms with Crippen molar-refractivity contribution in [2.24, 2.45) is 0 Å². The van der Waals surface area contributed by atoms with Crippen LogP contribution in [0, 0.1) is 10.1 Å². The Hall–Kier alpha value is -1.91. The molecule has 0 radical (unpaired) electrons. The van der Waals surface area contributed by atoms with E-state index in [1.54, 1.807) is 0 Å². The van der Waals surface area contributed by atoms with E-state index in [0.717, 1.165) is 12.8 Å². The standard InChI is InChI=1S/C11H11NO4/c13-10-4-2-1-3-7-5-11(14)9(12(15)16)6-8(7)10/h5-6,14H,1-4H2. The number of aryl methyl sites for hydroxylation is 1. The molecular formula is C11H11NO4. The lowest BCUT2D eigenvalue weighted by Gasteiger charge is -2.05. The highest BCUT2D eigenvalue weighted by Crippen LogP contribution is 2.32. The third-order valence-electron chi connectivity index (χ3n) is 2.80. The van der Waals surface area contributed by atoms with Gasteiger partial charge in [-0.1, -0.05) is 0 Å². The van der Waals surface area contributed by atoms with E-state index in [4.69, 9.17) is 0 Å². The van der Waals surface area contributed by atoms with Gasteiger partial charge in [0.05, 0.1) is 4.92 Å². The lowest BCUT2D eigenvalue weighted by atomic mass is 10.0. The van der Waals surface area contributed by atoms with Gasteiger partial charge in [-0.2, -0.15) is 0 Å². The second kappa shape index (κ2) is 3.92. The van der Waals surface area contributed by atoms with E-state index in [0.29, 0.717) is 24.0 Å². The average molecular weight is 221 g/mol. The van der Waals surface area contributed by atoms with Gasteiger partial charge in [0.25, 0.3) is 0 Å². The van der Waals surface area contributed by atoms with Gasteiger partial charge in [-0.25, -0.2) is 0 Å². The summed E-state index contributed by atoms with van der Waals surface area (Å²) in [4.78, 5) is 21.6. The van der Waals surface area contributed by atoms with Crippen molar-refractivity contribution < 1.29 is 14.8 Å². The molecule has 0 saturated heterocycles. The molecule has 0 spiro atoms. The van der Waals surface area contributed by atoms with Gasteiger partial charge in [-0.05, 0) is 30.9 Å². The first-order valence-electron chi connectivity index (χ1n) is 5.13. The molecule has 0 fully saturated rings.